The van der Waals surface area contributed by atoms with Crippen molar-refractivity contribution in [3.05, 3.63) is 59.8 Å². The highest BCUT2D eigenvalue weighted by Gasteiger charge is 2.25. The molecule has 2 aromatic rings. The smallest absolute Gasteiger partial charge is 0.322 e. The third-order valence-electron chi connectivity index (χ3n) is 5.76. The topological polar surface area (TPSA) is 111 Å². The maximum absolute atomic E-state index is 12.8. The molecule has 1 saturated heterocycles. The van der Waals surface area contributed by atoms with E-state index in [0.29, 0.717) is 5.75 Å². The zero-order valence-corrected chi connectivity index (χ0v) is 22.7. The average molecular weight is 561 g/mol. The number of nitrogens with one attached hydrogen (secondary N) is 2. The summed E-state index contributed by atoms with van der Waals surface area (Å²) in [7, 11) is -2.45. The largest absolute Gasteiger partial charge is 0.497 e. The van der Waals surface area contributed by atoms with Crippen LogP contribution < -0.4 is 14.9 Å². The second-order valence-corrected chi connectivity index (χ2v) is 12.1. The first-order chi connectivity index (χ1) is 17.9. The van der Waals surface area contributed by atoms with Crippen LogP contribution in [0.1, 0.15) is 19.3 Å². The molecule has 0 radical (unpaired) electrons. The fourth-order valence-electron chi connectivity index (χ4n) is 3.76. The molecule has 2 aliphatic rings. The lowest BCUT2D eigenvalue weighted by molar-refractivity contribution is -0.138. The van der Waals surface area contributed by atoms with Crippen LogP contribution in [0.3, 0.4) is 0 Å². The quantitative estimate of drug-likeness (QED) is 0.295. The number of sulfonamides is 1. The second kappa shape index (κ2) is 12.6. The van der Waals surface area contributed by atoms with Gasteiger partial charge in [0.1, 0.15) is 16.8 Å². The van der Waals surface area contributed by atoms with Crippen LogP contribution in [0.2, 0.25) is 0 Å². The van der Waals surface area contributed by atoms with E-state index in [0.717, 1.165) is 30.0 Å². The van der Waals surface area contributed by atoms with Crippen molar-refractivity contribution in [1.82, 2.24) is 18.9 Å². The number of hydrogen-bond donors (Lipinski definition) is 3. The summed E-state index contributed by atoms with van der Waals surface area (Å²) in [5, 5.41) is 10.7. The Morgan fingerprint density at radius 3 is 2.41 bits per heavy atom. The van der Waals surface area contributed by atoms with Gasteiger partial charge in [-0.25, -0.2) is 8.42 Å². The first kappa shape index (κ1) is 27.2. The van der Waals surface area contributed by atoms with Gasteiger partial charge in [-0.15, -0.1) is 9.74 Å². The number of carboxylic acids is 1. The molecule has 2 heterocycles. The van der Waals surface area contributed by atoms with E-state index >= 15 is 0 Å². The number of methoxy groups -OCH3 is 1. The predicted molar refractivity (Wildman–Crippen MR) is 146 cm³/mol. The van der Waals surface area contributed by atoms with Gasteiger partial charge in [0.2, 0.25) is 10.0 Å². The standard InChI is InChI=1S/C25H28N4O5S3/c1-34-21-11-7-19(8-12-21)20-9-13-22(14-10-20)37(32,33)27-23(25(30)31)6-2-5-17-35-29-26-18-24(36-29)28-15-3-4-16-28/h7-14,18,23,26-27H,3-4,6,15-17H2,1H3,(H,30,31). The van der Waals surface area contributed by atoms with E-state index in [1.807, 2.05) is 34.3 Å². The van der Waals surface area contributed by atoms with Crippen molar-refractivity contribution in [3.8, 4) is 28.7 Å². The molecule has 0 aromatic heterocycles. The van der Waals surface area contributed by atoms with Crippen LogP contribution in [0, 0.1) is 11.8 Å². The van der Waals surface area contributed by atoms with Crippen molar-refractivity contribution in [2.45, 2.75) is 30.2 Å². The number of likely N-dealkylation sites (tertiary alicyclic amines) is 1. The van der Waals surface area contributed by atoms with Crippen LogP contribution in [-0.2, 0) is 14.8 Å². The second-order valence-electron chi connectivity index (χ2n) is 8.25. The summed E-state index contributed by atoms with van der Waals surface area (Å²) in [5.41, 5.74) is 4.90. The number of nitrogens with zero attached hydrogens (tertiary/aromatic N) is 2. The Morgan fingerprint density at radius 2 is 1.78 bits per heavy atom. The first-order valence-electron chi connectivity index (χ1n) is 11.6. The molecule has 0 saturated carbocycles. The monoisotopic (exact) mass is 560 g/mol. The SMILES string of the molecule is COc1ccc(-c2ccc(S(=O)(=O)NC(CC#CCSN3NC=C(N4CCCC4)S3)C(=O)O)cc2)cc1. The molecule has 9 nitrogen and oxygen atoms in total. The molecule has 0 spiro atoms. The van der Waals surface area contributed by atoms with Crippen molar-refractivity contribution in [1.29, 1.82) is 0 Å². The molecule has 0 amide bonds. The summed E-state index contributed by atoms with van der Waals surface area (Å²) >= 11 is 3.05. The Kier molecular flexibility index (Phi) is 9.28. The Balaban J connectivity index is 1.28. The molecule has 1 atom stereocenters. The van der Waals surface area contributed by atoms with Crippen molar-refractivity contribution in [3.63, 3.8) is 0 Å². The van der Waals surface area contributed by atoms with Crippen molar-refractivity contribution < 1.29 is 23.1 Å². The summed E-state index contributed by atoms with van der Waals surface area (Å²) in [6.07, 6.45) is 4.24. The summed E-state index contributed by atoms with van der Waals surface area (Å²) in [6.45, 7) is 2.14. The lowest BCUT2D eigenvalue weighted by atomic mass is 10.1. The van der Waals surface area contributed by atoms with Gasteiger partial charge in [0.05, 0.1) is 17.8 Å². The summed E-state index contributed by atoms with van der Waals surface area (Å²) < 4.78 is 34.9. The van der Waals surface area contributed by atoms with E-state index in [1.54, 1.807) is 31.2 Å². The highest BCUT2D eigenvalue weighted by molar-refractivity contribution is 8.14. The maximum atomic E-state index is 12.8. The van der Waals surface area contributed by atoms with Gasteiger partial charge in [-0.3, -0.25) is 4.79 Å². The van der Waals surface area contributed by atoms with Crippen LogP contribution in [0.4, 0.5) is 0 Å². The van der Waals surface area contributed by atoms with E-state index in [9.17, 15) is 18.3 Å². The average Bonchev–Trinajstić information content (AvgIpc) is 3.60. The molecule has 4 rings (SSSR count). The number of carboxylic acid groups (broad SMARTS) is 1. The Labute approximate surface area is 225 Å². The third-order valence-corrected chi connectivity index (χ3v) is 9.23. The van der Waals surface area contributed by atoms with Gasteiger partial charge in [-0.05, 0) is 60.2 Å². The number of hydrogen-bond acceptors (Lipinski definition) is 9. The van der Waals surface area contributed by atoms with Crippen LogP contribution in [0.5, 0.6) is 5.75 Å². The maximum Gasteiger partial charge on any atom is 0.322 e. The molecule has 2 aliphatic heterocycles. The Morgan fingerprint density at radius 1 is 1.14 bits per heavy atom. The number of carbonyl (C=O) groups is 1. The summed E-state index contributed by atoms with van der Waals surface area (Å²) in [5.74, 6) is 5.59. The highest BCUT2D eigenvalue weighted by atomic mass is 32.2. The number of aliphatic carboxylic acids is 1. The van der Waals surface area contributed by atoms with Gasteiger partial charge >= 0.3 is 5.97 Å². The van der Waals surface area contributed by atoms with Gasteiger partial charge in [0.15, 0.2) is 0 Å². The summed E-state index contributed by atoms with van der Waals surface area (Å²) in [6, 6.07) is 12.3. The molecular formula is C25H28N4O5S3. The van der Waals surface area contributed by atoms with Crippen molar-refractivity contribution in [2.75, 3.05) is 26.0 Å². The normalized spacial score (nSPS) is 16.5. The number of benzene rings is 2. The molecule has 196 valence electrons. The number of rotatable bonds is 10. The van der Waals surface area contributed by atoms with Crippen LogP contribution in [-0.4, -0.2) is 60.2 Å². The fraction of sp³-hybridized carbons (Fsp3) is 0.320. The molecular weight excluding hydrogens is 532 g/mol. The van der Waals surface area contributed by atoms with E-state index in [1.165, 1.54) is 42.0 Å². The minimum absolute atomic E-state index is 0.0158. The molecule has 1 fully saturated rings. The molecule has 1 unspecified atom stereocenters. The van der Waals surface area contributed by atoms with E-state index in [-0.39, 0.29) is 11.3 Å². The highest BCUT2D eigenvalue weighted by Crippen LogP contribution is 2.34. The van der Waals surface area contributed by atoms with Crippen molar-refractivity contribution >= 4 is 39.9 Å². The van der Waals surface area contributed by atoms with Gasteiger partial charge in [0, 0.05) is 37.7 Å². The molecule has 3 N–H and O–H groups in total. The minimum atomic E-state index is -4.04. The zero-order chi connectivity index (χ0) is 26.3. The molecule has 2 aromatic carbocycles. The van der Waals surface area contributed by atoms with E-state index < -0.39 is 22.0 Å². The Bertz CT molecular complexity index is 1280. The van der Waals surface area contributed by atoms with E-state index in [4.69, 9.17) is 4.74 Å². The summed E-state index contributed by atoms with van der Waals surface area (Å²) in [4.78, 5) is 14.0. The predicted octanol–water partition coefficient (Wildman–Crippen LogP) is 3.50. The third kappa shape index (κ3) is 7.37. The molecule has 0 bridgehead atoms. The first-order valence-corrected chi connectivity index (χ1v) is 14.8. The number of ether oxygens (including phenoxy) is 1. The molecule has 12 heteroatoms. The van der Waals surface area contributed by atoms with E-state index in [2.05, 4.69) is 26.9 Å². The van der Waals surface area contributed by atoms with Crippen molar-refractivity contribution in [2.24, 2.45) is 0 Å². The Hall–Kier alpha value is -2.82. The van der Waals surface area contributed by atoms with Crippen LogP contribution in [0.25, 0.3) is 11.1 Å². The lowest BCUT2D eigenvalue weighted by Crippen LogP contribution is -2.40. The number of hydrazine groups is 1. The fourth-order valence-corrected chi connectivity index (χ4v) is 6.63. The van der Waals surface area contributed by atoms with Crippen LogP contribution in [0.15, 0.2) is 64.7 Å². The minimum Gasteiger partial charge on any atom is -0.497 e. The van der Waals surface area contributed by atoms with Gasteiger partial charge in [0.25, 0.3) is 0 Å². The van der Waals surface area contributed by atoms with Gasteiger partial charge < -0.3 is 20.2 Å². The lowest BCUT2D eigenvalue weighted by Gasteiger charge is -2.18. The zero-order valence-electron chi connectivity index (χ0n) is 20.2. The molecule has 0 aliphatic carbocycles. The molecule has 37 heavy (non-hydrogen) atoms. The van der Waals surface area contributed by atoms with Gasteiger partial charge in [-0.1, -0.05) is 30.2 Å². The van der Waals surface area contributed by atoms with Gasteiger partial charge in [-0.2, -0.15) is 4.72 Å². The van der Waals surface area contributed by atoms with Crippen LogP contribution >= 0.6 is 23.9 Å².